The average Bonchev–Trinajstić information content (AvgIpc) is 2.53. The van der Waals surface area contributed by atoms with Gasteiger partial charge >= 0.3 is 0 Å². The van der Waals surface area contributed by atoms with E-state index in [1.165, 1.54) is 11.3 Å². The van der Waals surface area contributed by atoms with Gasteiger partial charge in [0.2, 0.25) is 0 Å². The van der Waals surface area contributed by atoms with Crippen molar-refractivity contribution in [2.24, 2.45) is 5.73 Å². The van der Waals surface area contributed by atoms with Crippen LogP contribution in [0.25, 0.3) is 0 Å². The third kappa shape index (κ3) is 2.58. The van der Waals surface area contributed by atoms with Crippen LogP contribution in [0.4, 0.5) is 0 Å². The van der Waals surface area contributed by atoms with Crippen LogP contribution in [0.2, 0.25) is 0 Å². The minimum atomic E-state index is 0.513. The van der Waals surface area contributed by atoms with E-state index in [9.17, 15) is 0 Å². The third-order valence-corrected chi connectivity index (χ3v) is 2.07. The largest absolute Gasteiger partial charge is 0.329 e. The summed E-state index contributed by atoms with van der Waals surface area (Å²) in [5.74, 6) is 0. The minimum Gasteiger partial charge on any atom is -0.329 e. The van der Waals surface area contributed by atoms with Gasteiger partial charge < -0.3 is 11.1 Å². The van der Waals surface area contributed by atoms with E-state index in [1.54, 1.807) is 0 Å². The van der Waals surface area contributed by atoms with Gasteiger partial charge in [0, 0.05) is 25.0 Å². The van der Waals surface area contributed by atoms with Crippen molar-refractivity contribution in [3.05, 3.63) is 16.1 Å². The van der Waals surface area contributed by atoms with E-state index >= 15 is 0 Å². The second-order valence-corrected chi connectivity index (χ2v) is 3.08. The fourth-order valence-corrected chi connectivity index (χ4v) is 1.36. The van der Waals surface area contributed by atoms with Gasteiger partial charge in [-0.15, -0.1) is 11.3 Å². The van der Waals surface area contributed by atoms with Crippen molar-refractivity contribution in [2.75, 3.05) is 13.1 Å². The molecule has 0 bridgehead atoms. The molecule has 64 valence electrons. The Balaban J connectivity index is 2.38. The van der Waals surface area contributed by atoms with Crippen molar-refractivity contribution in [3.8, 4) is 6.07 Å². The van der Waals surface area contributed by atoms with Gasteiger partial charge in [-0.1, -0.05) is 0 Å². The first-order valence-corrected chi connectivity index (χ1v) is 4.50. The number of nitrogens with two attached hydrogens (primary N) is 1. The van der Waals surface area contributed by atoms with Crippen LogP contribution in [0.5, 0.6) is 0 Å². The van der Waals surface area contributed by atoms with Gasteiger partial charge in [-0.3, -0.25) is 0 Å². The molecule has 0 saturated carbocycles. The molecule has 0 aliphatic heterocycles. The number of nitrogens with zero attached hydrogens (tertiary/aromatic N) is 2. The van der Waals surface area contributed by atoms with Crippen LogP contribution >= 0.6 is 11.3 Å². The molecular formula is C7H10N4S. The molecule has 4 nitrogen and oxygen atoms in total. The normalized spacial score (nSPS) is 9.67. The molecule has 0 saturated heterocycles. The van der Waals surface area contributed by atoms with E-state index in [0.29, 0.717) is 18.1 Å². The Morgan fingerprint density at radius 1 is 1.75 bits per heavy atom. The summed E-state index contributed by atoms with van der Waals surface area (Å²) in [7, 11) is 0. The topological polar surface area (TPSA) is 74.7 Å². The lowest BCUT2D eigenvalue weighted by molar-refractivity contribution is 0.685. The van der Waals surface area contributed by atoms with Crippen molar-refractivity contribution in [2.45, 2.75) is 6.54 Å². The van der Waals surface area contributed by atoms with Crippen LogP contribution in [0.15, 0.2) is 5.38 Å². The van der Waals surface area contributed by atoms with Gasteiger partial charge in [0.05, 0.1) is 5.69 Å². The molecule has 0 aliphatic rings. The first kappa shape index (κ1) is 9.13. The lowest BCUT2D eigenvalue weighted by Crippen LogP contribution is -2.21. The van der Waals surface area contributed by atoms with Crippen molar-refractivity contribution in [1.29, 1.82) is 5.26 Å². The highest BCUT2D eigenvalue weighted by Gasteiger charge is 1.98. The summed E-state index contributed by atoms with van der Waals surface area (Å²) in [4.78, 5) is 4.05. The molecule has 1 aromatic rings. The third-order valence-electron chi connectivity index (χ3n) is 1.27. The summed E-state index contributed by atoms with van der Waals surface area (Å²) in [6, 6.07) is 1.99. The van der Waals surface area contributed by atoms with Gasteiger partial charge in [0.15, 0.2) is 5.01 Å². The molecule has 0 radical (unpaired) electrons. The number of nitrogens with one attached hydrogen (secondary N) is 1. The number of hydrogen-bond donors (Lipinski definition) is 2. The molecule has 12 heavy (non-hydrogen) atoms. The fourth-order valence-electron chi connectivity index (χ4n) is 0.758. The molecule has 0 atom stereocenters. The zero-order valence-corrected chi connectivity index (χ0v) is 7.40. The van der Waals surface area contributed by atoms with Crippen molar-refractivity contribution in [1.82, 2.24) is 10.3 Å². The molecule has 1 rings (SSSR count). The van der Waals surface area contributed by atoms with Gasteiger partial charge in [0.1, 0.15) is 6.07 Å². The molecular weight excluding hydrogens is 172 g/mol. The first-order chi connectivity index (χ1) is 5.86. The second kappa shape index (κ2) is 4.83. The summed E-state index contributed by atoms with van der Waals surface area (Å²) >= 11 is 1.36. The quantitative estimate of drug-likeness (QED) is 0.646. The molecule has 0 amide bonds. The van der Waals surface area contributed by atoms with Crippen LogP contribution in [0.1, 0.15) is 10.7 Å². The van der Waals surface area contributed by atoms with Crippen LogP contribution < -0.4 is 11.1 Å². The van der Waals surface area contributed by atoms with Crippen LogP contribution in [-0.2, 0) is 6.54 Å². The lowest BCUT2D eigenvalue weighted by atomic mass is 10.5. The number of aromatic nitrogens is 1. The van der Waals surface area contributed by atoms with Gasteiger partial charge in [-0.25, -0.2) is 4.98 Å². The van der Waals surface area contributed by atoms with Gasteiger partial charge in [-0.2, -0.15) is 5.26 Å². The molecule has 0 unspecified atom stereocenters. The van der Waals surface area contributed by atoms with E-state index in [-0.39, 0.29) is 0 Å². The Morgan fingerprint density at radius 3 is 3.17 bits per heavy atom. The monoisotopic (exact) mass is 182 g/mol. The van der Waals surface area contributed by atoms with E-state index < -0.39 is 0 Å². The molecule has 0 fully saturated rings. The molecule has 1 heterocycles. The lowest BCUT2D eigenvalue weighted by Gasteiger charge is -1.97. The smallest absolute Gasteiger partial charge is 0.194 e. The molecule has 1 aromatic heterocycles. The fraction of sp³-hybridized carbons (Fsp3) is 0.429. The average molecular weight is 182 g/mol. The van der Waals surface area contributed by atoms with Gasteiger partial charge in [-0.05, 0) is 0 Å². The van der Waals surface area contributed by atoms with E-state index in [2.05, 4.69) is 10.3 Å². The van der Waals surface area contributed by atoms with E-state index in [1.807, 2.05) is 11.4 Å². The van der Waals surface area contributed by atoms with Crippen molar-refractivity contribution >= 4 is 11.3 Å². The summed E-state index contributed by atoms with van der Waals surface area (Å²) < 4.78 is 0. The summed E-state index contributed by atoms with van der Waals surface area (Å²) in [5.41, 5.74) is 6.20. The second-order valence-electron chi connectivity index (χ2n) is 2.22. The highest BCUT2D eigenvalue weighted by molar-refractivity contribution is 7.10. The molecule has 0 aromatic carbocycles. The summed E-state index contributed by atoms with van der Waals surface area (Å²) in [5, 5.41) is 14.0. The number of hydrogen-bond acceptors (Lipinski definition) is 5. The Hall–Kier alpha value is -0.960. The standard InChI is InChI=1S/C7H10N4S/c8-1-2-10-4-6-5-12-7(3-9)11-6/h5,10H,1-2,4,8H2. The van der Waals surface area contributed by atoms with E-state index in [4.69, 9.17) is 11.0 Å². The Kier molecular flexibility index (Phi) is 3.67. The predicted octanol–water partition coefficient (Wildman–Crippen LogP) is 0.0631. The van der Waals surface area contributed by atoms with Crippen LogP contribution in [0, 0.1) is 11.3 Å². The highest BCUT2D eigenvalue weighted by atomic mass is 32.1. The summed E-state index contributed by atoms with van der Waals surface area (Å²) in [6.45, 7) is 2.09. The number of thiazole rings is 1. The summed E-state index contributed by atoms with van der Waals surface area (Å²) in [6.07, 6.45) is 0. The van der Waals surface area contributed by atoms with Gasteiger partial charge in [0.25, 0.3) is 0 Å². The maximum Gasteiger partial charge on any atom is 0.194 e. The van der Waals surface area contributed by atoms with Crippen molar-refractivity contribution in [3.63, 3.8) is 0 Å². The maximum absolute atomic E-state index is 8.48. The SMILES string of the molecule is N#Cc1nc(CNCCN)cs1. The van der Waals surface area contributed by atoms with Crippen molar-refractivity contribution < 1.29 is 0 Å². The molecule has 3 N–H and O–H groups in total. The zero-order chi connectivity index (χ0) is 8.81. The number of rotatable bonds is 4. The first-order valence-electron chi connectivity index (χ1n) is 3.62. The zero-order valence-electron chi connectivity index (χ0n) is 6.58. The maximum atomic E-state index is 8.48. The molecule has 0 aliphatic carbocycles. The number of nitriles is 1. The highest BCUT2D eigenvalue weighted by Crippen LogP contribution is 2.07. The predicted molar refractivity (Wildman–Crippen MR) is 47.6 cm³/mol. The molecule has 5 heteroatoms. The Morgan fingerprint density at radius 2 is 2.58 bits per heavy atom. The Bertz CT molecular complexity index is 275. The van der Waals surface area contributed by atoms with Crippen LogP contribution in [-0.4, -0.2) is 18.1 Å². The minimum absolute atomic E-state index is 0.513. The van der Waals surface area contributed by atoms with E-state index in [0.717, 1.165) is 12.2 Å². The van der Waals surface area contributed by atoms with Crippen LogP contribution in [0.3, 0.4) is 0 Å². The Labute approximate surface area is 75.0 Å². The molecule has 0 spiro atoms.